The van der Waals surface area contributed by atoms with Crippen LogP contribution in [0.5, 0.6) is 0 Å². The Balaban J connectivity index is 1.41. The second kappa shape index (κ2) is 9.14. The molecule has 0 aliphatic carbocycles. The van der Waals surface area contributed by atoms with Crippen LogP contribution in [0.25, 0.3) is 0 Å². The molecule has 2 fully saturated rings. The largest absolute Gasteiger partial charge is 0.352 e. The van der Waals surface area contributed by atoms with Crippen molar-refractivity contribution < 1.29 is 9.59 Å². The minimum absolute atomic E-state index is 0.0418. The molecule has 0 radical (unpaired) electrons. The van der Waals surface area contributed by atoms with Crippen molar-refractivity contribution in [3.63, 3.8) is 0 Å². The first kappa shape index (κ1) is 18.9. The third kappa shape index (κ3) is 5.05. The first-order chi connectivity index (χ1) is 12.6. The summed E-state index contributed by atoms with van der Waals surface area (Å²) in [6.45, 7) is 6.97. The normalized spacial score (nSPS) is 19.6. The fourth-order valence-electron chi connectivity index (χ4n) is 3.55. The molecule has 1 aromatic rings. The average Bonchev–Trinajstić information content (AvgIpc) is 2.67. The van der Waals surface area contributed by atoms with Gasteiger partial charge in [-0.25, -0.2) is 0 Å². The predicted molar refractivity (Wildman–Crippen MR) is 104 cm³/mol. The Morgan fingerprint density at radius 2 is 1.77 bits per heavy atom. The summed E-state index contributed by atoms with van der Waals surface area (Å²) in [6, 6.07) is 7.38. The quantitative estimate of drug-likeness (QED) is 0.785. The SMILES string of the molecule is CN1CCN(CCCNC(=O)c2ccc(N3CCCCC3=O)cc2)CC1. The summed E-state index contributed by atoms with van der Waals surface area (Å²) in [4.78, 5) is 30.9. The third-order valence-electron chi connectivity index (χ3n) is 5.30. The first-order valence-corrected chi connectivity index (χ1v) is 9.73. The van der Waals surface area contributed by atoms with E-state index >= 15 is 0 Å². The van der Waals surface area contributed by atoms with Crippen molar-refractivity contribution in [2.45, 2.75) is 25.7 Å². The van der Waals surface area contributed by atoms with Gasteiger partial charge in [-0.2, -0.15) is 0 Å². The number of carbonyl (C=O) groups is 2. The molecule has 2 heterocycles. The van der Waals surface area contributed by atoms with Gasteiger partial charge in [0.2, 0.25) is 5.91 Å². The van der Waals surface area contributed by atoms with Gasteiger partial charge in [0.1, 0.15) is 0 Å². The maximum absolute atomic E-state index is 12.3. The van der Waals surface area contributed by atoms with Crippen molar-refractivity contribution in [1.29, 1.82) is 0 Å². The standard InChI is InChI=1S/C20H30N4O2/c1-22-13-15-23(16-14-22)11-4-10-21-20(26)17-6-8-18(9-7-17)24-12-3-2-5-19(24)25/h6-9H,2-5,10-16H2,1H3,(H,21,26). The molecule has 142 valence electrons. The van der Waals surface area contributed by atoms with Crippen LogP contribution in [0.4, 0.5) is 5.69 Å². The van der Waals surface area contributed by atoms with E-state index < -0.39 is 0 Å². The summed E-state index contributed by atoms with van der Waals surface area (Å²) in [5.74, 6) is 0.136. The Labute approximate surface area is 156 Å². The molecule has 0 unspecified atom stereocenters. The van der Waals surface area contributed by atoms with Gasteiger partial charge in [-0.05, 0) is 57.1 Å². The Hall–Kier alpha value is -1.92. The number of anilines is 1. The molecule has 0 bridgehead atoms. The molecule has 6 heteroatoms. The molecule has 6 nitrogen and oxygen atoms in total. The number of rotatable bonds is 6. The number of nitrogens with one attached hydrogen (secondary N) is 1. The molecule has 2 aliphatic rings. The second-order valence-corrected chi connectivity index (χ2v) is 7.30. The van der Waals surface area contributed by atoms with Gasteiger partial charge >= 0.3 is 0 Å². The maximum atomic E-state index is 12.3. The van der Waals surface area contributed by atoms with Gasteiger partial charge in [0.05, 0.1) is 0 Å². The Kier molecular flexibility index (Phi) is 6.63. The number of amides is 2. The first-order valence-electron chi connectivity index (χ1n) is 9.73. The summed E-state index contributed by atoms with van der Waals surface area (Å²) < 4.78 is 0. The van der Waals surface area contributed by atoms with Crippen molar-refractivity contribution in [3.8, 4) is 0 Å². The van der Waals surface area contributed by atoms with Crippen LogP contribution >= 0.6 is 0 Å². The van der Waals surface area contributed by atoms with E-state index in [-0.39, 0.29) is 11.8 Å². The molecule has 1 aromatic carbocycles. The molecule has 0 spiro atoms. The zero-order valence-electron chi connectivity index (χ0n) is 15.7. The molecule has 26 heavy (non-hydrogen) atoms. The van der Waals surface area contributed by atoms with Crippen LogP contribution in [0.3, 0.4) is 0 Å². The topological polar surface area (TPSA) is 55.9 Å². The number of piperazine rings is 1. The van der Waals surface area contributed by atoms with Crippen molar-refractivity contribution in [1.82, 2.24) is 15.1 Å². The van der Waals surface area contributed by atoms with Crippen molar-refractivity contribution in [2.24, 2.45) is 0 Å². The predicted octanol–water partition coefficient (Wildman–Crippen LogP) is 1.57. The highest BCUT2D eigenvalue weighted by Gasteiger charge is 2.19. The third-order valence-corrected chi connectivity index (χ3v) is 5.30. The number of benzene rings is 1. The summed E-state index contributed by atoms with van der Waals surface area (Å²) in [5, 5.41) is 3.00. The molecular formula is C20H30N4O2. The number of hydrogen-bond donors (Lipinski definition) is 1. The highest BCUT2D eigenvalue weighted by Crippen LogP contribution is 2.21. The fourth-order valence-corrected chi connectivity index (χ4v) is 3.55. The van der Waals surface area contributed by atoms with E-state index in [1.54, 1.807) is 0 Å². The van der Waals surface area contributed by atoms with Crippen molar-refractivity contribution in [3.05, 3.63) is 29.8 Å². The van der Waals surface area contributed by atoms with E-state index in [2.05, 4.69) is 22.2 Å². The summed E-state index contributed by atoms with van der Waals surface area (Å²) in [7, 11) is 2.16. The maximum Gasteiger partial charge on any atom is 0.251 e. The highest BCUT2D eigenvalue weighted by molar-refractivity contribution is 5.96. The monoisotopic (exact) mass is 358 g/mol. The number of hydrogen-bond acceptors (Lipinski definition) is 4. The van der Waals surface area contributed by atoms with Crippen LogP contribution in [0.1, 0.15) is 36.0 Å². The Morgan fingerprint density at radius 1 is 1.04 bits per heavy atom. The van der Waals surface area contributed by atoms with Crippen LogP contribution in [-0.4, -0.2) is 74.5 Å². The lowest BCUT2D eigenvalue weighted by Crippen LogP contribution is -2.45. The Morgan fingerprint density at radius 3 is 2.46 bits per heavy atom. The van der Waals surface area contributed by atoms with Gasteiger partial charge in [-0.1, -0.05) is 0 Å². The lowest BCUT2D eigenvalue weighted by atomic mass is 10.1. The van der Waals surface area contributed by atoms with Crippen LogP contribution in [0.15, 0.2) is 24.3 Å². The average molecular weight is 358 g/mol. The van der Waals surface area contributed by atoms with Gasteiger partial charge in [-0.3, -0.25) is 9.59 Å². The number of nitrogens with zero attached hydrogens (tertiary/aromatic N) is 3. The zero-order valence-corrected chi connectivity index (χ0v) is 15.7. The van der Waals surface area contributed by atoms with Gasteiger partial charge in [0.15, 0.2) is 0 Å². The van der Waals surface area contributed by atoms with Crippen LogP contribution in [0, 0.1) is 0 Å². The number of likely N-dealkylation sites (N-methyl/N-ethyl adjacent to an activating group) is 1. The van der Waals surface area contributed by atoms with Crippen LogP contribution in [0.2, 0.25) is 0 Å². The van der Waals surface area contributed by atoms with Gasteiger partial charge in [0, 0.05) is 56.9 Å². The summed E-state index contributed by atoms with van der Waals surface area (Å²) in [5.41, 5.74) is 1.54. The molecule has 1 N–H and O–H groups in total. The molecule has 2 amide bonds. The van der Waals surface area contributed by atoms with E-state index in [9.17, 15) is 9.59 Å². The Bertz CT molecular complexity index is 609. The fraction of sp³-hybridized carbons (Fsp3) is 0.600. The van der Waals surface area contributed by atoms with E-state index in [4.69, 9.17) is 0 Å². The number of carbonyl (C=O) groups excluding carboxylic acids is 2. The lowest BCUT2D eigenvalue weighted by molar-refractivity contribution is -0.119. The smallest absolute Gasteiger partial charge is 0.251 e. The lowest BCUT2D eigenvalue weighted by Gasteiger charge is -2.32. The second-order valence-electron chi connectivity index (χ2n) is 7.30. The van der Waals surface area contributed by atoms with Crippen LogP contribution < -0.4 is 10.2 Å². The molecule has 0 atom stereocenters. The minimum Gasteiger partial charge on any atom is -0.352 e. The van der Waals surface area contributed by atoms with Gasteiger partial charge in [-0.15, -0.1) is 0 Å². The van der Waals surface area contributed by atoms with E-state index in [0.717, 1.165) is 64.2 Å². The van der Waals surface area contributed by atoms with Crippen LogP contribution in [-0.2, 0) is 4.79 Å². The van der Waals surface area contributed by atoms with Crippen molar-refractivity contribution in [2.75, 3.05) is 57.8 Å². The van der Waals surface area contributed by atoms with E-state index in [0.29, 0.717) is 18.5 Å². The van der Waals surface area contributed by atoms with Gasteiger partial charge in [0.25, 0.3) is 5.91 Å². The number of piperidine rings is 1. The van der Waals surface area contributed by atoms with Crippen molar-refractivity contribution >= 4 is 17.5 Å². The highest BCUT2D eigenvalue weighted by atomic mass is 16.2. The molecule has 0 saturated carbocycles. The van der Waals surface area contributed by atoms with E-state index in [1.165, 1.54) is 0 Å². The van der Waals surface area contributed by atoms with Gasteiger partial charge < -0.3 is 20.0 Å². The molecular weight excluding hydrogens is 328 g/mol. The molecule has 0 aromatic heterocycles. The summed E-state index contributed by atoms with van der Waals surface area (Å²) in [6.07, 6.45) is 3.61. The summed E-state index contributed by atoms with van der Waals surface area (Å²) >= 11 is 0. The zero-order chi connectivity index (χ0) is 18.4. The molecule has 2 saturated heterocycles. The van der Waals surface area contributed by atoms with E-state index in [1.807, 2.05) is 29.2 Å². The molecule has 3 rings (SSSR count). The minimum atomic E-state index is -0.0418. The molecule has 2 aliphatic heterocycles.